The van der Waals surface area contributed by atoms with Crippen molar-refractivity contribution < 1.29 is 4.79 Å². The van der Waals surface area contributed by atoms with Crippen LogP contribution in [0, 0.1) is 17.2 Å². The lowest BCUT2D eigenvalue weighted by molar-refractivity contribution is 0.0965. The van der Waals surface area contributed by atoms with Crippen LogP contribution in [-0.2, 0) is 0 Å². The van der Waals surface area contributed by atoms with Crippen LogP contribution in [0.4, 0.5) is 10.7 Å². The number of nitrogen functional groups attached to an aromatic ring is 1. The van der Waals surface area contributed by atoms with Crippen LogP contribution in [0.15, 0.2) is 0 Å². The second-order valence-electron chi connectivity index (χ2n) is 5.41. The number of amides is 1. The molecule has 0 bridgehead atoms. The zero-order chi connectivity index (χ0) is 15.4. The van der Waals surface area contributed by atoms with Gasteiger partial charge in [0.15, 0.2) is 0 Å². The van der Waals surface area contributed by atoms with Gasteiger partial charge in [0.1, 0.15) is 15.9 Å². The van der Waals surface area contributed by atoms with Crippen molar-refractivity contribution in [2.24, 2.45) is 5.92 Å². The van der Waals surface area contributed by atoms with Gasteiger partial charge < -0.3 is 16.0 Å². The number of carbonyl (C=O) groups is 1. The molecule has 1 fully saturated rings. The summed E-state index contributed by atoms with van der Waals surface area (Å²) in [5, 5.41) is 12.6. The Balaban J connectivity index is 2.34. The average Bonchev–Trinajstić information content (AvgIpc) is 2.69. The number of nitriles is 1. The minimum absolute atomic E-state index is 0.212. The minimum Gasteiger partial charge on any atom is -0.396 e. The van der Waals surface area contributed by atoms with E-state index in [4.69, 9.17) is 5.73 Å². The van der Waals surface area contributed by atoms with E-state index in [0.717, 1.165) is 36.9 Å². The third-order valence-electron chi connectivity index (χ3n) is 4.19. The lowest BCUT2D eigenvalue weighted by Gasteiger charge is -2.22. The van der Waals surface area contributed by atoms with Gasteiger partial charge in [-0.15, -0.1) is 11.3 Å². The standard InChI is InChI=1S/C15H22N4OS/c1-3-10-5-4-7-19(8-6-10)15-12(14(20)18-2)13(17)11(9-16)21-15/h10H,3-8,17H2,1-2H3,(H,18,20). The van der Waals surface area contributed by atoms with Gasteiger partial charge >= 0.3 is 0 Å². The molecule has 6 heteroatoms. The normalized spacial score (nSPS) is 18.9. The topological polar surface area (TPSA) is 82.2 Å². The fraction of sp³-hybridized carbons (Fsp3) is 0.600. The van der Waals surface area contributed by atoms with Crippen LogP contribution >= 0.6 is 11.3 Å². The molecule has 1 saturated heterocycles. The maximum atomic E-state index is 12.1. The quantitative estimate of drug-likeness (QED) is 0.899. The lowest BCUT2D eigenvalue weighted by Crippen LogP contribution is -2.27. The lowest BCUT2D eigenvalue weighted by atomic mass is 9.98. The first-order chi connectivity index (χ1) is 10.1. The Morgan fingerprint density at radius 2 is 2.29 bits per heavy atom. The first kappa shape index (κ1) is 15.6. The molecule has 5 nitrogen and oxygen atoms in total. The zero-order valence-corrected chi connectivity index (χ0v) is 13.4. The largest absolute Gasteiger partial charge is 0.396 e. The average molecular weight is 306 g/mol. The molecule has 0 aromatic carbocycles. The smallest absolute Gasteiger partial charge is 0.256 e. The van der Waals surface area contributed by atoms with E-state index in [1.54, 1.807) is 7.05 Å². The predicted octanol–water partition coefficient (Wildman–Crippen LogP) is 2.58. The Morgan fingerprint density at radius 3 is 2.90 bits per heavy atom. The summed E-state index contributed by atoms with van der Waals surface area (Å²) in [4.78, 5) is 14.8. The van der Waals surface area contributed by atoms with Crippen molar-refractivity contribution in [3.05, 3.63) is 10.4 Å². The van der Waals surface area contributed by atoms with Gasteiger partial charge in [-0.25, -0.2) is 0 Å². The van der Waals surface area contributed by atoms with Crippen molar-refractivity contribution in [1.29, 1.82) is 5.26 Å². The highest BCUT2D eigenvalue weighted by Crippen LogP contribution is 2.39. The van der Waals surface area contributed by atoms with E-state index in [-0.39, 0.29) is 5.91 Å². The van der Waals surface area contributed by atoms with Crippen molar-refractivity contribution in [1.82, 2.24) is 5.32 Å². The van der Waals surface area contributed by atoms with E-state index in [9.17, 15) is 10.1 Å². The molecule has 0 radical (unpaired) electrons. The van der Waals surface area contributed by atoms with Crippen molar-refractivity contribution in [3.63, 3.8) is 0 Å². The maximum absolute atomic E-state index is 12.1. The van der Waals surface area contributed by atoms with Crippen molar-refractivity contribution in [3.8, 4) is 6.07 Å². The Morgan fingerprint density at radius 1 is 1.52 bits per heavy atom. The van der Waals surface area contributed by atoms with Crippen molar-refractivity contribution in [2.45, 2.75) is 32.6 Å². The van der Waals surface area contributed by atoms with E-state index in [2.05, 4.69) is 23.2 Å². The van der Waals surface area contributed by atoms with Gasteiger partial charge in [0.25, 0.3) is 5.91 Å². The van der Waals surface area contributed by atoms with Crippen LogP contribution in [0.1, 0.15) is 47.8 Å². The van der Waals surface area contributed by atoms with Gasteiger partial charge in [-0.05, 0) is 25.2 Å². The minimum atomic E-state index is -0.212. The molecule has 1 atom stereocenters. The molecule has 2 rings (SSSR count). The van der Waals surface area contributed by atoms with Gasteiger partial charge in [0, 0.05) is 20.1 Å². The molecule has 0 spiro atoms. The highest BCUT2D eigenvalue weighted by Gasteiger charge is 2.26. The first-order valence-corrected chi connectivity index (χ1v) is 8.23. The molecule has 21 heavy (non-hydrogen) atoms. The second kappa shape index (κ2) is 6.81. The zero-order valence-electron chi connectivity index (χ0n) is 12.6. The molecule has 1 aromatic heterocycles. The Bertz CT molecular complexity index is 561. The molecule has 3 N–H and O–H groups in total. The predicted molar refractivity (Wildman–Crippen MR) is 86.7 cm³/mol. The Labute approximate surface area is 129 Å². The number of anilines is 2. The van der Waals surface area contributed by atoms with Crippen LogP contribution in [-0.4, -0.2) is 26.0 Å². The molecule has 1 amide bonds. The van der Waals surface area contributed by atoms with Gasteiger partial charge in [-0.2, -0.15) is 5.26 Å². The molecular weight excluding hydrogens is 284 g/mol. The fourth-order valence-electron chi connectivity index (χ4n) is 2.86. The number of thiophene rings is 1. The molecule has 0 saturated carbocycles. The molecule has 0 aliphatic carbocycles. The molecule has 1 aliphatic heterocycles. The van der Waals surface area contributed by atoms with Gasteiger partial charge in [-0.3, -0.25) is 4.79 Å². The SMILES string of the molecule is CCC1CCCN(c2sc(C#N)c(N)c2C(=O)NC)CC1. The van der Waals surface area contributed by atoms with E-state index < -0.39 is 0 Å². The summed E-state index contributed by atoms with van der Waals surface area (Å²) < 4.78 is 0. The van der Waals surface area contributed by atoms with Crippen LogP contribution in [0.2, 0.25) is 0 Å². The van der Waals surface area contributed by atoms with E-state index in [1.165, 1.54) is 24.2 Å². The monoisotopic (exact) mass is 306 g/mol. The summed E-state index contributed by atoms with van der Waals surface area (Å²) in [6, 6.07) is 2.10. The molecular formula is C15H22N4OS. The summed E-state index contributed by atoms with van der Waals surface area (Å²) in [6.45, 7) is 4.08. The molecule has 1 aromatic rings. The number of carbonyl (C=O) groups excluding carboxylic acids is 1. The number of nitrogens with one attached hydrogen (secondary N) is 1. The third-order valence-corrected chi connectivity index (χ3v) is 5.37. The van der Waals surface area contributed by atoms with Crippen molar-refractivity contribution in [2.75, 3.05) is 30.8 Å². The third kappa shape index (κ3) is 3.13. The summed E-state index contributed by atoms with van der Waals surface area (Å²) in [7, 11) is 1.59. The number of hydrogen-bond donors (Lipinski definition) is 2. The summed E-state index contributed by atoms with van der Waals surface area (Å²) in [5.41, 5.74) is 6.77. The molecule has 1 aliphatic rings. The highest BCUT2D eigenvalue weighted by atomic mass is 32.1. The number of nitrogens with zero attached hydrogens (tertiary/aromatic N) is 2. The van der Waals surface area contributed by atoms with E-state index in [0.29, 0.717) is 16.1 Å². The molecule has 114 valence electrons. The van der Waals surface area contributed by atoms with E-state index in [1.807, 2.05) is 0 Å². The first-order valence-electron chi connectivity index (χ1n) is 7.41. The number of rotatable bonds is 3. The Hall–Kier alpha value is -1.74. The summed E-state index contributed by atoms with van der Waals surface area (Å²) >= 11 is 1.33. The van der Waals surface area contributed by atoms with Gasteiger partial charge in [0.2, 0.25) is 0 Å². The Kier molecular flexibility index (Phi) is 5.07. The van der Waals surface area contributed by atoms with Crippen LogP contribution in [0.25, 0.3) is 0 Å². The fourth-order valence-corrected chi connectivity index (χ4v) is 3.93. The van der Waals surface area contributed by atoms with E-state index >= 15 is 0 Å². The van der Waals surface area contributed by atoms with Gasteiger partial charge in [-0.1, -0.05) is 13.3 Å². The van der Waals surface area contributed by atoms with Crippen LogP contribution in [0.3, 0.4) is 0 Å². The molecule has 2 heterocycles. The number of nitrogens with two attached hydrogens (primary N) is 1. The summed E-state index contributed by atoms with van der Waals surface area (Å²) in [6.07, 6.45) is 4.68. The van der Waals surface area contributed by atoms with Crippen LogP contribution in [0.5, 0.6) is 0 Å². The summed E-state index contributed by atoms with van der Waals surface area (Å²) in [5.74, 6) is 0.544. The van der Waals surface area contributed by atoms with Gasteiger partial charge in [0.05, 0.1) is 11.3 Å². The second-order valence-corrected chi connectivity index (χ2v) is 6.41. The highest BCUT2D eigenvalue weighted by molar-refractivity contribution is 7.17. The van der Waals surface area contributed by atoms with Crippen LogP contribution < -0.4 is 16.0 Å². The molecule has 1 unspecified atom stereocenters. The maximum Gasteiger partial charge on any atom is 0.256 e. The van der Waals surface area contributed by atoms with Crippen molar-refractivity contribution >= 4 is 27.9 Å². The number of hydrogen-bond acceptors (Lipinski definition) is 5.